The number of hydrogen-bond acceptors (Lipinski definition) is 6. The minimum absolute atomic E-state index is 0.147. The molecule has 0 radical (unpaired) electrons. The minimum atomic E-state index is -3.60. The van der Waals surface area contributed by atoms with Crippen molar-refractivity contribution in [2.24, 2.45) is 0 Å². The Balaban J connectivity index is 2.61. The molecular weight excluding hydrogens is 324 g/mol. The topological polar surface area (TPSA) is 119 Å². The summed E-state index contributed by atoms with van der Waals surface area (Å²) in [7, 11) is -3.60. The lowest BCUT2D eigenvalue weighted by Crippen LogP contribution is -2.38. The summed E-state index contributed by atoms with van der Waals surface area (Å²) < 4.78 is 28.0. The van der Waals surface area contributed by atoms with Crippen LogP contribution in [0, 0.1) is 0 Å². The Bertz CT molecular complexity index is 699. The van der Waals surface area contributed by atoms with Crippen LogP contribution < -0.4 is 10.6 Å². The van der Waals surface area contributed by atoms with Crippen LogP contribution in [0.15, 0.2) is 29.2 Å². The number of carbonyl (C=O) groups excluding carboxylic acids is 3. The van der Waals surface area contributed by atoms with E-state index in [1.54, 1.807) is 6.92 Å². The van der Waals surface area contributed by atoms with Crippen molar-refractivity contribution in [2.45, 2.75) is 11.8 Å². The molecule has 0 aliphatic rings. The van der Waals surface area contributed by atoms with Crippen LogP contribution in [0.2, 0.25) is 0 Å². The normalized spacial score (nSPS) is 10.7. The Morgan fingerprint density at radius 3 is 2.35 bits per heavy atom. The second kappa shape index (κ2) is 8.28. The van der Waals surface area contributed by atoms with Crippen LogP contribution in [0.25, 0.3) is 0 Å². The van der Waals surface area contributed by atoms with Crippen molar-refractivity contribution >= 4 is 27.6 Å². The third-order valence-electron chi connectivity index (χ3n) is 2.66. The largest absolute Gasteiger partial charge is 0.452 e. The van der Waals surface area contributed by atoms with Crippen molar-refractivity contribution < 1.29 is 27.5 Å². The van der Waals surface area contributed by atoms with Crippen LogP contribution >= 0.6 is 0 Å². The van der Waals surface area contributed by atoms with E-state index in [1.165, 1.54) is 24.3 Å². The van der Waals surface area contributed by atoms with Gasteiger partial charge in [-0.3, -0.25) is 9.59 Å². The molecule has 9 heteroatoms. The number of amides is 2. The Morgan fingerprint density at radius 2 is 1.74 bits per heavy atom. The maximum atomic E-state index is 11.9. The molecule has 2 N–H and O–H groups in total. The Hall–Kier alpha value is -2.42. The summed E-state index contributed by atoms with van der Waals surface area (Å²) in [6.45, 7) is 1.33. The summed E-state index contributed by atoms with van der Waals surface area (Å²) in [6, 6.07) is 5.54. The van der Waals surface area contributed by atoms with Crippen molar-refractivity contribution in [2.75, 3.05) is 26.0 Å². The SMILES string of the molecule is CCNC(=O)CNC(=O)COC(=O)c1ccccc1S(C)(=O)=O. The lowest BCUT2D eigenvalue weighted by atomic mass is 10.2. The second-order valence-corrected chi connectivity index (χ2v) is 6.56. The maximum absolute atomic E-state index is 11.9. The van der Waals surface area contributed by atoms with Crippen molar-refractivity contribution in [3.63, 3.8) is 0 Å². The first kappa shape index (κ1) is 18.6. The van der Waals surface area contributed by atoms with E-state index in [0.29, 0.717) is 6.54 Å². The number of ether oxygens (including phenoxy) is 1. The molecule has 0 bridgehead atoms. The van der Waals surface area contributed by atoms with Gasteiger partial charge in [0.25, 0.3) is 5.91 Å². The fourth-order valence-electron chi connectivity index (χ4n) is 1.66. The van der Waals surface area contributed by atoms with Crippen LogP contribution in [-0.2, 0) is 24.2 Å². The lowest BCUT2D eigenvalue weighted by Gasteiger charge is -2.09. The van der Waals surface area contributed by atoms with Gasteiger partial charge in [-0.25, -0.2) is 13.2 Å². The first-order valence-electron chi connectivity index (χ1n) is 6.75. The monoisotopic (exact) mass is 342 g/mol. The Labute approximate surface area is 134 Å². The number of nitrogens with one attached hydrogen (secondary N) is 2. The van der Waals surface area contributed by atoms with Gasteiger partial charge in [-0.15, -0.1) is 0 Å². The quantitative estimate of drug-likeness (QED) is 0.645. The van der Waals surface area contributed by atoms with Crippen LogP contribution in [0.1, 0.15) is 17.3 Å². The standard InChI is InChI=1S/C14H18N2O6S/c1-3-15-12(17)8-16-13(18)9-22-14(19)10-6-4-5-7-11(10)23(2,20)21/h4-7H,3,8-9H2,1-2H3,(H,15,17)(H,16,18). The van der Waals surface area contributed by atoms with Gasteiger partial charge in [-0.05, 0) is 19.1 Å². The number of sulfone groups is 1. The molecule has 23 heavy (non-hydrogen) atoms. The van der Waals surface area contributed by atoms with Gasteiger partial charge in [0, 0.05) is 12.8 Å². The number of rotatable bonds is 7. The lowest BCUT2D eigenvalue weighted by molar-refractivity contribution is -0.127. The number of carbonyl (C=O) groups is 3. The zero-order chi connectivity index (χ0) is 17.5. The van der Waals surface area contributed by atoms with Crippen LogP contribution in [0.3, 0.4) is 0 Å². The van der Waals surface area contributed by atoms with Crippen molar-refractivity contribution in [1.82, 2.24) is 10.6 Å². The average molecular weight is 342 g/mol. The third kappa shape index (κ3) is 6.07. The fraction of sp³-hybridized carbons (Fsp3) is 0.357. The number of likely N-dealkylation sites (N-methyl/N-ethyl adjacent to an activating group) is 1. The summed E-state index contributed by atoms with van der Waals surface area (Å²) in [4.78, 5) is 34.4. The van der Waals surface area contributed by atoms with E-state index in [4.69, 9.17) is 4.74 Å². The average Bonchev–Trinajstić information content (AvgIpc) is 2.50. The summed E-state index contributed by atoms with van der Waals surface area (Å²) in [5, 5.41) is 4.76. The number of hydrogen-bond donors (Lipinski definition) is 2. The zero-order valence-corrected chi connectivity index (χ0v) is 13.6. The number of benzene rings is 1. The van der Waals surface area contributed by atoms with Gasteiger partial charge in [0.05, 0.1) is 17.0 Å². The highest BCUT2D eigenvalue weighted by Crippen LogP contribution is 2.16. The highest BCUT2D eigenvalue weighted by atomic mass is 32.2. The molecule has 0 atom stereocenters. The molecule has 0 aromatic heterocycles. The van der Waals surface area contributed by atoms with Gasteiger partial charge in [0.2, 0.25) is 5.91 Å². The molecule has 0 aliphatic heterocycles. The van der Waals surface area contributed by atoms with E-state index < -0.39 is 28.3 Å². The molecule has 1 aromatic carbocycles. The van der Waals surface area contributed by atoms with Gasteiger partial charge < -0.3 is 15.4 Å². The molecule has 0 heterocycles. The molecule has 1 rings (SSSR count). The molecular formula is C14H18N2O6S. The Kier molecular flexibility index (Phi) is 6.70. The minimum Gasteiger partial charge on any atom is -0.452 e. The van der Waals surface area contributed by atoms with Gasteiger partial charge in [-0.2, -0.15) is 0 Å². The van der Waals surface area contributed by atoms with Crippen LogP contribution in [0.5, 0.6) is 0 Å². The van der Waals surface area contributed by atoms with E-state index in [-0.39, 0.29) is 22.9 Å². The van der Waals surface area contributed by atoms with Crippen molar-refractivity contribution in [3.8, 4) is 0 Å². The molecule has 1 aromatic rings. The highest BCUT2D eigenvalue weighted by Gasteiger charge is 2.20. The summed E-state index contributed by atoms with van der Waals surface area (Å²) in [6.07, 6.45) is 0.970. The molecule has 0 fully saturated rings. The fourth-order valence-corrected chi connectivity index (χ4v) is 2.53. The van der Waals surface area contributed by atoms with E-state index in [9.17, 15) is 22.8 Å². The van der Waals surface area contributed by atoms with E-state index in [2.05, 4.69) is 10.6 Å². The molecule has 126 valence electrons. The van der Waals surface area contributed by atoms with Crippen LogP contribution in [0.4, 0.5) is 0 Å². The smallest absolute Gasteiger partial charge is 0.339 e. The van der Waals surface area contributed by atoms with E-state index >= 15 is 0 Å². The maximum Gasteiger partial charge on any atom is 0.339 e. The highest BCUT2D eigenvalue weighted by molar-refractivity contribution is 7.90. The predicted octanol–water partition coefficient (Wildman–Crippen LogP) is -0.501. The van der Waals surface area contributed by atoms with Gasteiger partial charge >= 0.3 is 5.97 Å². The van der Waals surface area contributed by atoms with Gasteiger partial charge in [0.1, 0.15) is 0 Å². The first-order chi connectivity index (χ1) is 10.8. The summed E-state index contributed by atoms with van der Waals surface area (Å²) >= 11 is 0. The summed E-state index contributed by atoms with van der Waals surface area (Å²) in [5.74, 6) is -1.96. The molecule has 0 aliphatic carbocycles. The van der Waals surface area contributed by atoms with Crippen molar-refractivity contribution in [1.29, 1.82) is 0 Å². The van der Waals surface area contributed by atoms with Crippen molar-refractivity contribution in [3.05, 3.63) is 29.8 Å². The predicted molar refractivity (Wildman–Crippen MR) is 81.5 cm³/mol. The molecule has 0 unspecified atom stereocenters. The third-order valence-corrected chi connectivity index (χ3v) is 3.82. The van der Waals surface area contributed by atoms with Gasteiger partial charge in [-0.1, -0.05) is 12.1 Å². The van der Waals surface area contributed by atoms with Crippen LogP contribution in [-0.4, -0.2) is 52.2 Å². The van der Waals surface area contributed by atoms with E-state index in [0.717, 1.165) is 6.26 Å². The molecule has 8 nitrogen and oxygen atoms in total. The molecule has 2 amide bonds. The number of esters is 1. The molecule has 0 saturated heterocycles. The second-order valence-electron chi connectivity index (χ2n) is 4.57. The van der Waals surface area contributed by atoms with Gasteiger partial charge in [0.15, 0.2) is 16.4 Å². The Morgan fingerprint density at radius 1 is 1.09 bits per heavy atom. The molecule has 0 spiro atoms. The molecule has 0 saturated carbocycles. The summed E-state index contributed by atoms with van der Waals surface area (Å²) in [5.41, 5.74) is -0.147. The first-order valence-corrected chi connectivity index (χ1v) is 8.64. The van der Waals surface area contributed by atoms with E-state index in [1.807, 2.05) is 0 Å². The zero-order valence-electron chi connectivity index (χ0n) is 12.8.